The Kier molecular flexibility index (Phi) is 5.88. The van der Waals surface area contributed by atoms with Gasteiger partial charge in [-0.1, -0.05) is 18.2 Å². The molecule has 0 unspecified atom stereocenters. The number of amides is 1. The Morgan fingerprint density at radius 1 is 1.13 bits per heavy atom. The van der Waals surface area contributed by atoms with Crippen LogP contribution in [0.15, 0.2) is 60.7 Å². The first-order valence-electron chi connectivity index (χ1n) is 7.03. The minimum absolute atomic E-state index is 0.0182. The molecule has 0 aliphatic heterocycles. The predicted molar refractivity (Wildman–Crippen MR) is 87.1 cm³/mol. The third-order valence-corrected chi connectivity index (χ3v) is 2.94. The smallest absolute Gasteiger partial charge is 0.269 e. The van der Waals surface area contributed by atoms with Crippen molar-refractivity contribution in [2.75, 3.05) is 13.2 Å². The van der Waals surface area contributed by atoms with E-state index in [-0.39, 0.29) is 11.6 Å². The third kappa shape index (κ3) is 5.62. The van der Waals surface area contributed by atoms with E-state index in [1.807, 2.05) is 30.3 Å². The topological polar surface area (TPSA) is 81.5 Å². The van der Waals surface area contributed by atoms with Crippen LogP contribution in [0.2, 0.25) is 0 Å². The summed E-state index contributed by atoms with van der Waals surface area (Å²) in [6.07, 6.45) is 2.97. The quantitative estimate of drug-likeness (QED) is 0.369. The highest BCUT2D eigenvalue weighted by Gasteiger charge is 2.02. The van der Waals surface area contributed by atoms with Gasteiger partial charge in [-0.15, -0.1) is 0 Å². The molecule has 0 aliphatic rings. The summed E-state index contributed by atoms with van der Waals surface area (Å²) in [7, 11) is 0. The fourth-order valence-corrected chi connectivity index (χ4v) is 1.80. The summed E-state index contributed by atoms with van der Waals surface area (Å²) in [4.78, 5) is 21.7. The molecule has 1 N–H and O–H groups in total. The second-order valence-electron chi connectivity index (χ2n) is 4.63. The van der Waals surface area contributed by atoms with Crippen molar-refractivity contribution in [2.45, 2.75) is 0 Å². The standard InChI is InChI=1S/C17H16N2O4/c20-17(18-12-13-23-16-4-2-1-3-5-16)11-8-14-6-9-15(10-7-14)19(21)22/h1-11H,12-13H2,(H,18,20). The van der Waals surface area contributed by atoms with Gasteiger partial charge < -0.3 is 10.1 Å². The lowest BCUT2D eigenvalue weighted by Gasteiger charge is -2.05. The van der Waals surface area contributed by atoms with Crippen molar-refractivity contribution < 1.29 is 14.5 Å². The van der Waals surface area contributed by atoms with Crippen molar-refractivity contribution >= 4 is 17.7 Å². The van der Waals surface area contributed by atoms with Crippen LogP contribution in [0.4, 0.5) is 5.69 Å². The zero-order valence-corrected chi connectivity index (χ0v) is 12.3. The lowest BCUT2D eigenvalue weighted by molar-refractivity contribution is -0.384. The number of ether oxygens (including phenoxy) is 1. The van der Waals surface area contributed by atoms with E-state index >= 15 is 0 Å². The van der Waals surface area contributed by atoms with Crippen LogP contribution < -0.4 is 10.1 Å². The number of carbonyl (C=O) groups excluding carboxylic acids is 1. The molecule has 23 heavy (non-hydrogen) atoms. The SMILES string of the molecule is O=C(C=Cc1ccc([N+](=O)[O-])cc1)NCCOc1ccccc1. The molecule has 0 fully saturated rings. The largest absolute Gasteiger partial charge is 0.492 e. The van der Waals surface area contributed by atoms with E-state index in [0.29, 0.717) is 18.7 Å². The van der Waals surface area contributed by atoms with Crippen LogP contribution in [0.5, 0.6) is 5.75 Å². The Bertz CT molecular complexity index is 681. The Morgan fingerprint density at radius 3 is 2.48 bits per heavy atom. The van der Waals surface area contributed by atoms with Gasteiger partial charge in [0.05, 0.1) is 11.5 Å². The normalized spacial score (nSPS) is 10.4. The zero-order chi connectivity index (χ0) is 16.5. The number of nitro benzene ring substituents is 1. The highest BCUT2D eigenvalue weighted by Crippen LogP contribution is 2.12. The lowest BCUT2D eigenvalue weighted by Crippen LogP contribution is -2.26. The van der Waals surface area contributed by atoms with Crippen LogP contribution >= 0.6 is 0 Å². The number of para-hydroxylation sites is 1. The van der Waals surface area contributed by atoms with Crippen molar-refractivity contribution in [1.29, 1.82) is 0 Å². The molecular weight excluding hydrogens is 296 g/mol. The van der Waals surface area contributed by atoms with Gasteiger partial charge in [0.25, 0.3) is 5.69 Å². The van der Waals surface area contributed by atoms with Gasteiger partial charge in [-0.2, -0.15) is 0 Å². The van der Waals surface area contributed by atoms with E-state index < -0.39 is 4.92 Å². The van der Waals surface area contributed by atoms with Gasteiger partial charge in [0.1, 0.15) is 12.4 Å². The van der Waals surface area contributed by atoms with Gasteiger partial charge in [-0.25, -0.2) is 0 Å². The van der Waals surface area contributed by atoms with E-state index in [2.05, 4.69) is 5.32 Å². The van der Waals surface area contributed by atoms with Crippen molar-refractivity contribution in [1.82, 2.24) is 5.32 Å². The van der Waals surface area contributed by atoms with Gasteiger partial charge in [0.2, 0.25) is 5.91 Å². The first-order valence-corrected chi connectivity index (χ1v) is 7.03. The van der Waals surface area contributed by atoms with E-state index in [4.69, 9.17) is 4.74 Å². The van der Waals surface area contributed by atoms with E-state index in [1.54, 1.807) is 18.2 Å². The first-order chi connectivity index (χ1) is 11.1. The number of benzene rings is 2. The van der Waals surface area contributed by atoms with Crippen molar-refractivity contribution in [3.05, 3.63) is 76.4 Å². The molecule has 2 aromatic carbocycles. The minimum Gasteiger partial charge on any atom is -0.492 e. The summed E-state index contributed by atoms with van der Waals surface area (Å²) in [5.74, 6) is 0.503. The number of hydrogen-bond donors (Lipinski definition) is 1. The van der Waals surface area contributed by atoms with Crippen LogP contribution in [0.1, 0.15) is 5.56 Å². The first kappa shape index (κ1) is 16.2. The zero-order valence-electron chi connectivity index (χ0n) is 12.3. The molecule has 0 saturated carbocycles. The number of nitro groups is 1. The summed E-state index contributed by atoms with van der Waals surface area (Å²) in [6.45, 7) is 0.763. The Balaban J connectivity index is 1.72. The van der Waals surface area contributed by atoms with Gasteiger partial charge in [0.15, 0.2) is 0 Å². The molecule has 0 radical (unpaired) electrons. The maximum atomic E-state index is 11.6. The summed E-state index contributed by atoms with van der Waals surface area (Å²) in [6, 6.07) is 15.3. The third-order valence-electron chi connectivity index (χ3n) is 2.94. The molecule has 2 aromatic rings. The monoisotopic (exact) mass is 312 g/mol. The number of nitrogens with zero attached hydrogens (tertiary/aromatic N) is 1. The van der Waals surface area contributed by atoms with Gasteiger partial charge in [-0.05, 0) is 35.9 Å². The molecule has 0 saturated heterocycles. The van der Waals surface area contributed by atoms with Crippen LogP contribution in [-0.2, 0) is 4.79 Å². The Labute approximate surface area is 133 Å². The Hall–Kier alpha value is -3.15. The summed E-state index contributed by atoms with van der Waals surface area (Å²) < 4.78 is 5.45. The highest BCUT2D eigenvalue weighted by atomic mass is 16.6. The van der Waals surface area contributed by atoms with Gasteiger partial charge in [0, 0.05) is 18.2 Å². The molecule has 0 heterocycles. The second kappa shape index (κ2) is 8.33. The number of rotatable bonds is 7. The van der Waals surface area contributed by atoms with Crippen LogP contribution in [0.3, 0.4) is 0 Å². The Morgan fingerprint density at radius 2 is 1.83 bits per heavy atom. The fourth-order valence-electron chi connectivity index (χ4n) is 1.80. The molecule has 0 atom stereocenters. The van der Waals surface area contributed by atoms with Crippen LogP contribution in [0.25, 0.3) is 6.08 Å². The maximum absolute atomic E-state index is 11.6. The van der Waals surface area contributed by atoms with Crippen molar-refractivity contribution in [3.63, 3.8) is 0 Å². The minimum atomic E-state index is -0.465. The number of nitrogens with one attached hydrogen (secondary N) is 1. The van der Waals surface area contributed by atoms with Crippen molar-refractivity contribution in [2.24, 2.45) is 0 Å². The molecule has 2 rings (SSSR count). The average Bonchev–Trinajstić information content (AvgIpc) is 2.58. The average molecular weight is 312 g/mol. The molecule has 118 valence electrons. The van der Waals surface area contributed by atoms with Gasteiger partial charge in [-0.3, -0.25) is 14.9 Å². The lowest BCUT2D eigenvalue weighted by atomic mass is 10.2. The van der Waals surface area contributed by atoms with E-state index in [1.165, 1.54) is 18.2 Å². The fraction of sp³-hybridized carbons (Fsp3) is 0.118. The van der Waals surface area contributed by atoms with E-state index in [0.717, 1.165) is 5.75 Å². The molecule has 0 aromatic heterocycles. The molecule has 0 aliphatic carbocycles. The summed E-state index contributed by atoms with van der Waals surface area (Å²) >= 11 is 0. The molecule has 0 bridgehead atoms. The van der Waals surface area contributed by atoms with Crippen molar-refractivity contribution in [3.8, 4) is 5.75 Å². The van der Waals surface area contributed by atoms with Crippen LogP contribution in [-0.4, -0.2) is 24.0 Å². The van der Waals surface area contributed by atoms with Crippen LogP contribution in [0, 0.1) is 10.1 Å². The molecule has 6 nitrogen and oxygen atoms in total. The highest BCUT2D eigenvalue weighted by molar-refractivity contribution is 5.91. The number of hydrogen-bond acceptors (Lipinski definition) is 4. The maximum Gasteiger partial charge on any atom is 0.269 e. The summed E-state index contributed by atoms with van der Waals surface area (Å²) in [5.41, 5.74) is 0.732. The van der Waals surface area contributed by atoms with E-state index in [9.17, 15) is 14.9 Å². The predicted octanol–water partition coefficient (Wildman–Crippen LogP) is 2.80. The molecular formula is C17H16N2O4. The number of carbonyl (C=O) groups is 1. The van der Waals surface area contributed by atoms with Gasteiger partial charge >= 0.3 is 0 Å². The molecule has 1 amide bonds. The molecule has 6 heteroatoms. The molecule has 0 spiro atoms. The second-order valence-corrected chi connectivity index (χ2v) is 4.63. The number of non-ortho nitro benzene ring substituents is 1. The summed E-state index contributed by atoms with van der Waals surface area (Å²) in [5, 5.41) is 13.2.